The predicted octanol–water partition coefficient (Wildman–Crippen LogP) is 4.97. The van der Waals surface area contributed by atoms with Gasteiger partial charge >= 0.3 is 0 Å². The van der Waals surface area contributed by atoms with Crippen LogP contribution in [0.15, 0.2) is 30.3 Å². The van der Waals surface area contributed by atoms with Crippen LogP contribution in [0, 0.1) is 5.82 Å². The summed E-state index contributed by atoms with van der Waals surface area (Å²) in [7, 11) is -3.78. The molecule has 35 heavy (non-hydrogen) atoms. The number of hydrogen-bond acceptors (Lipinski definition) is 5. The Morgan fingerprint density at radius 1 is 1.14 bits per heavy atom. The largest absolute Gasteiger partial charge is 0.296 e. The Labute approximate surface area is 216 Å². The van der Waals surface area contributed by atoms with Gasteiger partial charge in [0.2, 0.25) is 10.0 Å². The van der Waals surface area contributed by atoms with Gasteiger partial charge in [-0.1, -0.05) is 23.2 Å². The quantitative estimate of drug-likeness (QED) is 0.536. The normalized spacial score (nSPS) is 20.6. The number of amides is 1. The van der Waals surface area contributed by atoms with E-state index in [1.165, 1.54) is 12.1 Å². The lowest BCUT2D eigenvalue weighted by molar-refractivity contribution is 0.0503. The number of nitrogens with zero attached hydrogens (tertiary/aromatic N) is 2. The monoisotopic (exact) mass is 541 g/mol. The lowest BCUT2D eigenvalue weighted by Crippen LogP contribution is -2.52. The first kappa shape index (κ1) is 26.4. The van der Waals surface area contributed by atoms with Crippen LogP contribution in [-0.4, -0.2) is 56.1 Å². The molecule has 2 aromatic rings. The number of sulfonamides is 1. The summed E-state index contributed by atoms with van der Waals surface area (Å²) in [5, 5.41) is 1.24. The minimum Gasteiger partial charge on any atom is -0.296 e. The van der Waals surface area contributed by atoms with E-state index in [9.17, 15) is 17.6 Å². The van der Waals surface area contributed by atoms with Gasteiger partial charge in [0.1, 0.15) is 5.82 Å². The first-order valence-corrected chi connectivity index (χ1v) is 14.3. The van der Waals surface area contributed by atoms with Gasteiger partial charge in [0.25, 0.3) is 5.91 Å². The third kappa shape index (κ3) is 6.54. The molecule has 0 aromatic heterocycles. The first-order valence-electron chi connectivity index (χ1n) is 11.7. The van der Waals surface area contributed by atoms with Crippen LogP contribution in [0.2, 0.25) is 10.0 Å². The Morgan fingerprint density at radius 3 is 2.37 bits per heavy atom. The van der Waals surface area contributed by atoms with E-state index in [-0.39, 0.29) is 23.6 Å². The molecule has 0 spiro atoms. The number of piperazine rings is 1. The molecule has 1 unspecified atom stereocenters. The van der Waals surface area contributed by atoms with Crippen molar-refractivity contribution in [3.05, 3.63) is 68.4 Å². The molecule has 1 N–H and O–H groups in total. The van der Waals surface area contributed by atoms with Crippen molar-refractivity contribution in [2.24, 2.45) is 0 Å². The average molecular weight is 543 g/mol. The van der Waals surface area contributed by atoms with Crippen molar-refractivity contribution in [1.82, 2.24) is 14.5 Å². The Balaban J connectivity index is 1.48. The Kier molecular flexibility index (Phi) is 7.79. The Hall–Kier alpha value is -1.71. The summed E-state index contributed by atoms with van der Waals surface area (Å²) in [5.74, 6) is -1.36. The second kappa shape index (κ2) is 10.3. The maximum Gasteiger partial charge on any atom is 0.267 e. The van der Waals surface area contributed by atoms with Gasteiger partial charge in [-0.15, -0.1) is 0 Å². The fraction of sp³-hybridized carbons (Fsp3) is 0.480. The molecule has 1 heterocycles. The van der Waals surface area contributed by atoms with Crippen LogP contribution < -0.4 is 4.72 Å². The van der Waals surface area contributed by atoms with E-state index in [0.717, 1.165) is 55.4 Å². The summed E-state index contributed by atoms with van der Waals surface area (Å²) >= 11 is 12.4. The van der Waals surface area contributed by atoms with Crippen LogP contribution in [0.1, 0.15) is 65.7 Å². The van der Waals surface area contributed by atoms with Crippen LogP contribution in [0.4, 0.5) is 4.39 Å². The van der Waals surface area contributed by atoms with Crippen molar-refractivity contribution in [2.45, 2.75) is 51.2 Å². The number of rotatable bonds is 7. The smallest absolute Gasteiger partial charge is 0.267 e. The molecule has 0 bridgehead atoms. The van der Waals surface area contributed by atoms with Gasteiger partial charge in [-0.2, -0.15) is 0 Å². The summed E-state index contributed by atoms with van der Waals surface area (Å²) in [6.45, 7) is 7.35. The molecule has 1 saturated heterocycles. The van der Waals surface area contributed by atoms with Crippen LogP contribution >= 0.6 is 23.2 Å². The molecular weight excluding hydrogens is 512 g/mol. The number of carbonyl (C=O) groups excluding carboxylic acids is 1. The predicted molar refractivity (Wildman–Crippen MR) is 137 cm³/mol. The lowest BCUT2D eigenvalue weighted by atomic mass is 9.97. The molecule has 6 nitrogen and oxygen atoms in total. The van der Waals surface area contributed by atoms with Crippen molar-refractivity contribution >= 4 is 39.1 Å². The van der Waals surface area contributed by atoms with Gasteiger partial charge < -0.3 is 0 Å². The fourth-order valence-electron chi connectivity index (χ4n) is 4.95. The zero-order valence-electron chi connectivity index (χ0n) is 20.0. The standard InChI is InChI=1S/C25H30Cl2FN3O3S/c1-15-13-30(6-7-31(15)16(2)18-8-20(26)11-21(27)9-18)14-19-10-24(28)23(12-22(19)17-4-5-17)25(32)29-35(3,33)34/h8-12,15-17H,4-7,13-14H2,1-3H3,(H,29,32)/t15-,16?/m1/s1. The van der Waals surface area contributed by atoms with E-state index in [1.54, 1.807) is 6.07 Å². The van der Waals surface area contributed by atoms with E-state index in [1.807, 2.05) is 16.9 Å². The molecular formula is C25H30Cl2FN3O3S. The SMILES string of the molecule is CC(c1cc(Cl)cc(Cl)c1)N1CCN(Cc2cc(F)c(C(=O)NS(C)(=O)=O)cc2C2CC2)C[C@H]1C. The Morgan fingerprint density at radius 2 is 1.80 bits per heavy atom. The molecule has 190 valence electrons. The molecule has 0 radical (unpaired) electrons. The second-order valence-electron chi connectivity index (χ2n) is 9.71. The highest BCUT2D eigenvalue weighted by atomic mass is 35.5. The highest BCUT2D eigenvalue weighted by Crippen LogP contribution is 2.43. The summed E-state index contributed by atoms with van der Waals surface area (Å²) in [6.07, 6.45) is 2.84. The van der Waals surface area contributed by atoms with Crippen LogP contribution in [0.5, 0.6) is 0 Å². The molecule has 2 atom stereocenters. The molecule has 1 amide bonds. The first-order chi connectivity index (χ1) is 16.4. The zero-order chi connectivity index (χ0) is 25.5. The maximum absolute atomic E-state index is 14.9. The topological polar surface area (TPSA) is 69.7 Å². The summed E-state index contributed by atoms with van der Waals surface area (Å²) in [5.41, 5.74) is 2.63. The number of carbonyl (C=O) groups is 1. The lowest BCUT2D eigenvalue weighted by Gasteiger charge is -2.43. The van der Waals surface area contributed by atoms with Crippen LogP contribution in [-0.2, 0) is 16.6 Å². The van der Waals surface area contributed by atoms with E-state index in [4.69, 9.17) is 23.2 Å². The van der Waals surface area contributed by atoms with E-state index in [0.29, 0.717) is 16.6 Å². The maximum atomic E-state index is 14.9. The second-order valence-corrected chi connectivity index (χ2v) is 12.3. The highest BCUT2D eigenvalue weighted by molar-refractivity contribution is 7.89. The number of halogens is 3. The van der Waals surface area contributed by atoms with E-state index < -0.39 is 21.7 Å². The third-order valence-electron chi connectivity index (χ3n) is 6.79. The third-order valence-corrected chi connectivity index (χ3v) is 7.78. The molecule has 2 fully saturated rings. The minimum atomic E-state index is -3.78. The fourth-order valence-corrected chi connectivity index (χ4v) is 5.94. The van der Waals surface area contributed by atoms with E-state index >= 15 is 0 Å². The van der Waals surface area contributed by atoms with Gasteiger partial charge in [0, 0.05) is 48.3 Å². The van der Waals surface area contributed by atoms with Gasteiger partial charge in [-0.05, 0) is 79.6 Å². The van der Waals surface area contributed by atoms with Gasteiger partial charge in [0.15, 0.2) is 0 Å². The molecule has 1 saturated carbocycles. The van der Waals surface area contributed by atoms with Crippen molar-refractivity contribution in [1.29, 1.82) is 0 Å². The van der Waals surface area contributed by atoms with Crippen LogP contribution in [0.25, 0.3) is 0 Å². The van der Waals surface area contributed by atoms with Gasteiger partial charge in [-0.25, -0.2) is 17.5 Å². The number of benzene rings is 2. The molecule has 2 aromatic carbocycles. The molecule has 2 aliphatic rings. The zero-order valence-corrected chi connectivity index (χ0v) is 22.4. The van der Waals surface area contributed by atoms with Crippen molar-refractivity contribution in [3.63, 3.8) is 0 Å². The number of hydrogen-bond donors (Lipinski definition) is 1. The van der Waals surface area contributed by atoms with Crippen molar-refractivity contribution < 1.29 is 17.6 Å². The summed E-state index contributed by atoms with van der Waals surface area (Å²) in [4.78, 5) is 17.0. The molecule has 4 rings (SSSR count). The van der Waals surface area contributed by atoms with Crippen LogP contribution in [0.3, 0.4) is 0 Å². The van der Waals surface area contributed by atoms with Gasteiger partial charge in [0.05, 0.1) is 11.8 Å². The highest BCUT2D eigenvalue weighted by Gasteiger charge is 2.32. The summed E-state index contributed by atoms with van der Waals surface area (Å²) in [6, 6.07) is 8.97. The molecule has 10 heteroatoms. The molecule has 1 aliphatic heterocycles. The van der Waals surface area contributed by atoms with Crippen molar-refractivity contribution in [2.75, 3.05) is 25.9 Å². The summed E-state index contributed by atoms with van der Waals surface area (Å²) < 4.78 is 39.6. The van der Waals surface area contributed by atoms with Gasteiger partial charge in [-0.3, -0.25) is 14.6 Å². The Bertz CT molecular complexity index is 1220. The van der Waals surface area contributed by atoms with E-state index in [2.05, 4.69) is 23.6 Å². The minimum absolute atomic E-state index is 0.149. The number of nitrogens with one attached hydrogen (secondary N) is 1. The van der Waals surface area contributed by atoms with Crippen molar-refractivity contribution in [3.8, 4) is 0 Å². The average Bonchev–Trinajstić information content (AvgIpc) is 3.57. The molecule has 1 aliphatic carbocycles.